The van der Waals surface area contributed by atoms with Crippen molar-refractivity contribution in [1.29, 1.82) is 5.26 Å². The molecule has 0 aromatic heterocycles. The van der Waals surface area contributed by atoms with Crippen molar-refractivity contribution in [3.63, 3.8) is 0 Å². The van der Waals surface area contributed by atoms with Crippen molar-refractivity contribution in [2.24, 2.45) is 0 Å². The Bertz CT molecular complexity index is 1270. The molecule has 0 bridgehead atoms. The van der Waals surface area contributed by atoms with Crippen LogP contribution in [0.1, 0.15) is 39.0 Å². The van der Waals surface area contributed by atoms with Gasteiger partial charge in [0.25, 0.3) is 0 Å². The summed E-state index contributed by atoms with van der Waals surface area (Å²) in [5, 5.41) is 23.1. The molecule has 0 radical (unpaired) electrons. The number of Topliss-reactive ketones (excluding diaryl/α,β-unsaturated/α-hetero) is 1. The van der Waals surface area contributed by atoms with Crippen molar-refractivity contribution >= 4 is 11.9 Å². The molecule has 0 saturated carbocycles. The summed E-state index contributed by atoms with van der Waals surface area (Å²) in [6, 6.07) is 25.3. The zero-order valence-electron chi connectivity index (χ0n) is 17.0. The highest BCUT2D eigenvalue weighted by Gasteiger charge is 2.71. The van der Waals surface area contributed by atoms with Crippen LogP contribution in [0.3, 0.4) is 0 Å². The molecule has 0 amide bonds. The molecule has 2 aliphatic heterocycles. The van der Waals surface area contributed by atoms with E-state index < -0.39 is 28.5 Å². The van der Waals surface area contributed by atoms with Gasteiger partial charge in [0, 0.05) is 16.7 Å². The fourth-order valence-electron chi connectivity index (χ4n) is 5.17. The Labute approximate surface area is 185 Å². The van der Waals surface area contributed by atoms with Crippen LogP contribution in [0.15, 0.2) is 91.1 Å². The fourth-order valence-corrected chi connectivity index (χ4v) is 5.17. The molecule has 2 aliphatic rings. The number of nitro groups is 1. The summed E-state index contributed by atoms with van der Waals surface area (Å²) in [5.41, 5.74) is 0.506. The summed E-state index contributed by atoms with van der Waals surface area (Å²) >= 11 is 0. The average molecular weight is 421 g/mol. The molecule has 1 saturated heterocycles. The third-order valence-corrected chi connectivity index (χ3v) is 6.51. The van der Waals surface area contributed by atoms with Crippen molar-refractivity contribution in [3.05, 3.63) is 123 Å². The first-order chi connectivity index (χ1) is 15.6. The van der Waals surface area contributed by atoms with Crippen molar-refractivity contribution in [1.82, 2.24) is 4.90 Å². The van der Waals surface area contributed by atoms with Gasteiger partial charge in [-0.1, -0.05) is 84.9 Å². The van der Waals surface area contributed by atoms with Gasteiger partial charge in [-0.2, -0.15) is 5.26 Å². The van der Waals surface area contributed by atoms with Gasteiger partial charge in [-0.25, -0.2) is 0 Å². The molecule has 2 heterocycles. The number of carbonyl (C=O) groups is 1. The molecule has 0 N–H and O–H groups in total. The number of nitrogens with zero attached hydrogens (tertiary/aromatic N) is 3. The van der Waals surface area contributed by atoms with Crippen LogP contribution in [0.25, 0.3) is 6.08 Å². The fraction of sp³-hybridized carbons (Fsp3) is 0.154. The molecule has 6 heteroatoms. The molecule has 6 nitrogen and oxygen atoms in total. The molecular formula is C26H19N3O3. The number of hydrogen-bond acceptors (Lipinski definition) is 5. The minimum absolute atomic E-state index is 0.243. The lowest BCUT2D eigenvalue weighted by Gasteiger charge is -2.33. The highest BCUT2D eigenvalue weighted by molar-refractivity contribution is 6.01. The molecule has 0 aliphatic carbocycles. The minimum Gasteiger partial charge on any atom is -0.351 e. The van der Waals surface area contributed by atoms with Crippen LogP contribution >= 0.6 is 0 Å². The van der Waals surface area contributed by atoms with Crippen LogP contribution in [-0.4, -0.2) is 27.2 Å². The smallest absolute Gasteiger partial charge is 0.338 e. The third-order valence-electron chi connectivity index (χ3n) is 6.51. The number of ketones is 1. The first kappa shape index (κ1) is 19.7. The van der Waals surface area contributed by atoms with E-state index in [2.05, 4.69) is 6.07 Å². The number of nitriles is 1. The normalized spacial score (nSPS) is 25.5. The van der Waals surface area contributed by atoms with Crippen LogP contribution in [-0.2, 0) is 0 Å². The van der Waals surface area contributed by atoms with Gasteiger partial charge >= 0.3 is 5.54 Å². The van der Waals surface area contributed by atoms with Crippen LogP contribution in [0.5, 0.6) is 0 Å². The van der Waals surface area contributed by atoms with Crippen molar-refractivity contribution < 1.29 is 9.72 Å². The molecule has 1 fully saturated rings. The van der Waals surface area contributed by atoms with Gasteiger partial charge < -0.3 is 4.90 Å². The van der Waals surface area contributed by atoms with Crippen molar-refractivity contribution in [3.8, 4) is 6.07 Å². The molecule has 3 aromatic carbocycles. The minimum atomic E-state index is -2.04. The lowest BCUT2D eigenvalue weighted by atomic mass is 9.73. The topological polar surface area (TPSA) is 87.2 Å². The SMILES string of the molecule is N#C[C@@]1([N+](=O)[O-])[C@H](c2ccccc2)[C@@H](C(=O)c2ccccc2)N2C=Cc3ccccc3[C@H]21. The van der Waals surface area contributed by atoms with E-state index in [0.29, 0.717) is 16.7 Å². The first-order valence-electron chi connectivity index (χ1n) is 10.3. The lowest BCUT2D eigenvalue weighted by Crippen LogP contribution is -2.46. The van der Waals surface area contributed by atoms with E-state index in [1.165, 1.54) is 0 Å². The second-order valence-corrected chi connectivity index (χ2v) is 8.05. The van der Waals surface area contributed by atoms with Gasteiger partial charge in [-0.3, -0.25) is 14.9 Å². The second-order valence-electron chi connectivity index (χ2n) is 8.05. The monoisotopic (exact) mass is 421 g/mol. The largest absolute Gasteiger partial charge is 0.351 e. The summed E-state index contributed by atoms with van der Waals surface area (Å²) < 4.78 is 0. The van der Waals surface area contributed by atoms with Gasteiger partial charge in [-0.15, -0.1) is 0 Å². The zero-order valence-corrected chi connectivity index (χ0v) is 17.0. The van der Waals surface area contributed by atoms with Gasteiger partial charge in [-0.05, 0) is 22.8 Å². The Balaban J connectivity index is 1.80. The number of benzene rings is 3. The van der Waals surface area contributed by atoms with E-state index in [0.717, 1.165) is 5.56 Å². The lowest BCUT2D eigenvalue weighted by molar-refractivity contribution is -0.559. The molecule has 0 spiro atoms. The molecule has 0 unspecified atom stereocenters. The summed E-state index contributed by atoms with van der Waals surface area (Å²) in [6.07, 6.45) is 3.59. The van der Waals surface area contributed by atoms with Crippen molar-refractivity contribution in [2.45, 2.75) is 23.5 Å². The van der Waals surface area contributed by atoms with Crippen LogP contribution in [0.4, 0.5) is 0 Å². The Kier molecular flexibility index (Phi) is 4.60. The van der Waals surface area contributed by atoms with Crippen LogP contribution in [0.2, 0.25) is 0 Å². The van der Waals surface area contributed by atoms with E-state index in [9.17, 15) is 20.2 Å². The van der Waals surface area contributed by atoms with Gasteiger partial charge in [0.05, 0.1) is 5.92 Å². The van der Waals surface area contributed by atoms with E-state index >= 15 is 0 Å². The molecule has 3 aromatic rings. The Morgan fingerprint density at radius 3 is 2.25 bits per heavy atom. The molecular weight excluding hydrogens is 402 g/mol. The first-order valence-corrected chi connectivity index (χ1v) is 10.3. The summed E-state index contributed by atoms with van der Waals surface area (Å²) in [7, 11) is 0. The maximum atomic E-state index is 13.8. The zero-order chi connectivity index (χ0) is 22.3. The maximum absolute atomic E-state index is 13.8. The van der Waals surface area contributed by atoms with E-state index in [1.54, 1.807) is 59.6 Å². The predicted molar refractivity (Wildman–Crippen MR) is 119 cm³/mol. The number of fused-ring (bicyclic) bond motifs is 3. The Hall–Kier alpha value is -4.24. The highest BCUT2D eigenvalue weighted by Crippen LogP contribution is 2.56. The predicted octanol–water partition coefficient (Wildman–Crippen LogP) is 4.60. The van der Waals surface area contributed by atoms with Crippen LogP contribution < -0.4 is 0 Å². The summed E-state index contributed by atoms with van der Waals surface area (Å²) in [6.45, 7) is 0. The van der Waals surface area contributed by atoms with Crippen LogP contribution in [0, 0.1) is 21.4 Å². The third kappa shape index (κ3) is 2.68. The Morgan fingerprint density at radius 1 is 0.969 bits per heavy atom. The average Bonchev–Trinajstić information content (AvgIpc) is 3.16. The van der Waals surface area contributed by atoms with E-state index in [1.807, 2.05) is 42.5 Å². The highest BCUT2D eigenvalue weighted by atomic mass is 16.6. The standard InChI is InChI=1S/C26H19N3O3/c27-17-26(29(31)32)22(19-10-3-1-4-11-19)23(24(30)20-12-5-2-6-13-20)28-16-15-18-9-7-8-14-21(18)25(26)28/h1-16,22-23,25H/t22-,23+,25+,26-/m1/s1. The number of rotatable bonds is 4. The van der Waals surface area contributed by atoms with Gasteiger partial charge in [0.2, 0.25) is 0 Å². The summed E-state index contributed by atoms with van der Waals surface area (Å²) in [5.74, 6) is -1.20. The molecule has 156 valence electrons. The maximum Gasteiger partial charge on any atom is 0.338 e. The van der Waals surface area contributed by atoms with Gasteiger partial charge in [0.1, 0.15) is 12.1 Å². The Morgan fingerprint density at radius 2 is 1.59 bits per heavy atom. The molecule has 5 rings (SSSR count). The quantitative estimate of drug-likeness (QED) is 0.349. The molecule has 32 heavy (non-hydrogen) atoms. The summed E-state index contributed by atoms with van der Waals surface area (Å²) in [4.78, 5) is 27.8. The second kappa shape index (κ2) is 7.47. The van der Waals surface area contributed by atoms with Crippen molar-refractivity contribution in [2.75, 3.05) is 0 Å². The van der Waals surface area contributed by atoms with E-state index in [4.69, 9.17) is 0 Å². The van der Waals surface area contributed by atoms with E-state index in [-0.39, 0.29) is 5.78 Å². The number of hydrogen-bond donors (Lipinski definition) is 0. The number of carbonyl (C=O) groups excluding carboxylic acids is 1. The van der Waals surface area contributed by atoms with Gasteiger partial charge in [0.15, 0.2) is 11.9 Å². The molecule has 4 atom stereocenters.